The number of carbonyl (C=O) groups excluding carboxylic acids is 2. The maximum atomic E-state index is 13.9. The SMILES string of the molecule is CCCN(CC(=O)N1CCn2cccc2C1c1cccc(Oc2ccccc2)c1)C(=O)Nc1ccc(OCC)cc1. The number of benzene rings is 3. The lowest BCUT2D eigenvalue weighted by Crippen LogP contribution is -2.48. The van der Waals surface area contributed by atoms with E-state index in [1.54, 1.807) is 17.0 Å². The molecule has 0 spiro atoms. The minimum atomic E-state index is -0.306. The van der Waals surface area contributed by atoms with Gasteiger partial charge >= 0.3 is 6.03 Å². The zero-order valence-corrected chi connectivity index (χ0v) is 23.5. The third-order valence-corrected chi connectivity index (χ3v) is 7.03. The second-order valence-corrected chi connectivity index (χ2v) is 9.91. The van der Waals surface area contributed by atoms with Crippen LogP contribution in [0.3, 0.4) is 0 Å². The molecule has 4 aromatic rings. The van der Waals surface area contributed by atoms with E-state index in [9.17, 15) is 9.59 Å². The van der Waals surface area contributed by atoms with Crippen LogP contribution in [-0.4, -0.2) is 52.5 Å². The summed E-state index contributed by atoms with van der Waals surface area (Å²) in [6.45, 7) is 6.17. The number of carbonyl (C=O) groups is 2. The van der Waals surface area contributed by atoms with E-state index in [-0.39, 0.29) is 24.5 Å². The largest absolute Gasteiger partial charge is 0.494 e. The van der Waals surface area contributed by atoms with Crippen LogP contribution in [0.5, 0.6) is 17.2 Å². The van der Waals surface area contributed by atoms with Crippen LogP contribution < -0.4 is 14.8 Å². The van der Waals surface area contributed by atoms with Gasteiger partial charge in [-0.3, -0.25) is 4.79 Å². The van der Waals surface area contributed by atoms with E-state index in [4.69, 9.17) is 9.47 Å². The van der Waals surface area contributed by atoms with Crippen molar-refractivity contribution in [1.29, 1.82) is 0 Å². The van der Waals surface area contributed by atoms with Gasteiger partial charge in [-0.05, 0) is 79.6 Å². The van der Waals surface area contributed by atoms with Crippen molar-refractivity contribution in [2.24, 2.45) is 0 Å². The zero-order valence-electron chi connectivity index (χ0n) is 23.5. The van der Waals surface area contributed by atoms with Crippen molar-refractivity contribution in [2.45, 2.75) is 32.9 Å². The number of nitrogens with one attached hydrogen (secondary N) is 1. The number of fused-ring (bicyclic) bond motifs is 1. The molecule has 5 rings (SSSR count). The van der Waals surface area contributed by atoms with Crippen molar-refractivity contribution in [1.82, 2.24) is 14.4 Å². The summed E-state index contributed by atoms with van der Waals surface area (Å²) in [6, 6.07) is 28.2. The highest BCUT2D eigenvalue weighted by molar-refractivity contribution is 5.92. The number of anilines is 1. The lowest BCUT2D eigenvalue weighted by molar-refractivity contribution is -0.134. The smallest absolute Gasteiger partial charge is 0.322 e. The van der Waals surface area contributed by atoms with Gasteiger partial charge in [-0.15, -0.1) is 0 Å². The second kappa shape index (κ2) is 13.1. The molecular formula is C33H36N4O4. The zero-order chi connectivity index (χ0) is 28.6. The minimum absolute atomic E-state index is 0.0197. The van der Waals surface area contributed by atoms with Gasteiger partial charge in [-0.25, -0.2) is 4.79 Å². The standard InChI is InChI=1S/C33H36N4O4/c1-3-19-36(33(39)34-26-15-17-27(18-16-26)40-4-2)24-31(38)37-22-21-35-20-9-14-30(35)32(37)25-10-8-13-29(23-25)41-28-11-6-5-7-12-28/h5-18,20,23,32H,3-4,19,21-22,24H2,1-2H3,(H,34,39). The number of hydrogen-bond donors (Lipinski definition) is 1. The molecule has 1 aliphatic rings. The topological polar surface area (TPSA) is 76.0 Å². The predicted octanol–water partition coefficient (Wildman–Crippen LogP) is 6.55. The Labute approximate surface area is 241 Å². The molecule has 8 nitrogen and oxygen atoms in total. The first-order valence-electron chi connectivity index (χ1n) is 14.1. The molecule has 1 unspecified atom stereocenters. The van der Waals surface area contributed by atoms with Crippen LogP contribution in [0.15, 0.2) is 97.2 Å². The van der Waals surface area contributed by atoms with E-state index in [0.717, 1.165) is 29.2 Å². The molecule has 1 atom stereocenters. The molecule has 0 fully saturated rings. The molecule has 1 N–H and O–H groups in total. The number of nitrogens with zero attached hydrogens (tertiary/aromatic N) is 3. The van der Waals surface area contributed by atoms with E-state index in [1.807, 2.05) is 97.7 Å². The van der Waals surface area contributed by atoms with Crippen molar-refractivity contribution < 1.29 is 19.1 Å². The molecule has 0 saturated carbocycles. The summed E-state index contributed by atoms with van der Waals surface area (Å²) in [6.07, 6.45) is 2.78. The maximum Gasteiger partial charge on any atom is 0.322 e. The van der Waals surface area contributed by atoms with E-state index < -0.39 is 0 Å². The van der Waals surface area contributed by atoms with E-state index in [0.29, 0.717) is 37.7 Å². The predicted molar refractivity (Wildman–Crippen MR) is 159 cm³/mol. The number of amides is 3. The van der Waals surface area contributed by atoms with Crippen LogP contribution in [0, 0.1) is 0 Å². The molecular weight excluding hydrogens is 516 g/mol. The summed E-state index contributed by atoms with van der Waals surface area (Å²) >= 11 is 0. The Morgan fingerprint density at radius 3 is 2.41 bits per heavy atom. The van der Waals surface area contributed by atoms with Gasteiger partial charge in [0.2, 0.25) is 5.91 Å². The Balaban J connectivity index is 1.35. The third-order valence-electron chi connectivity index (χ3n) is 7.03. The summed E-state index contributed by atoms with van der Waals surface area (Å²) in [4.78, 5) is 30.6. The molecule has 212 valence electrons. The van der Waals surface area contributed by atoms with Crippen molar-refractivity contribution in [3.63, 3.8) is 0 Å². The van der Waals surface area contributed by atoms with E-state index in [2.05, 4.69) is 16.0 Å². The minimum Gasteiger partial charge on any atom is -0.494 e. The summed E-state index contributed by atoms with van der Waals surface area (Å²) in [5, 5.41) is 2.93. The van der Waals surface area contributed by atoms with Crippen LogP contribution in [0.25, 0.3) is 0 Å². The Morgan fingerprint density at radius 1 is 0.878 bits per heavy atom. The van der Waals surface area contributed by atoms with Crippen LogP contribution >= 0.6 is 0 Å². The lowest BCUT2D eigenvalue weighted by Gasteiger charge is -2.38. The molecule has 1 aliphatic heterocycles. The van der Waals surface area contributed by atoms with Crippen LogP contribution in [0.2, 0.25) is 0 Å². The highest BCUT2D eigenvalue weighted by Crippen LogP contribution is 2.35. The molecule has 1 aromatic heterocycles. The number of hydrogen-bond acceptors (Lipinski definition) is 4. The summed E-state index contributed by atoms with van der Waals surface area (Å²) < 4.78 is 13.8. The van der Waals surface area contributed by atoms with Gasteiger partial charge in [0.05, 0.1) is 12.6 Å². The van der Waals surface area contributed by atoms with Gasteiger partial charge in [0.1, 0.15) is 23.8 Å². The van der Waals surface area contributed by atoms with Gasteiger partial charge in [0.15, 0.2) is 0 Å². The third kappa shape index (κ3) is 6.72. The van der Waals surface area contributed by atoms with Gasteiger partial charge in [0, 0.05) is 37.2 Å². The molecule has 2 heterocycles. The van der Waals surface area contributed by atoms with E-state index >= 15 is 0 Å². The molecule has 0 bridgehead atoms. The average Bonchev–Trinajstić information content (AvgIpc) is 3.47. The van der Waals surface area contributed by atoms with Gasteiger partial charge in [-0.2, -0.15) is 0 Å². The van der Waals surface area contributed by atoms with Gasteiger partial charge in [-0.1, -0.05) is 37.3 Å². The summed E-state index contributed by atoms with van der Waals surface area (Å²) in [5.41, 5.74) is 2.63. The first-order chi connectivity index (χ1) is 20.1. The molecule has 0 aliphatic carbocycles. The molecule has 0 saturated heterocycles. The van der Waals surface area contributed by atoms with Gasteiger partial charge in [0.25, 0.3) is 0 Å². The Bertz CT molecular complexity index is 1450. The second-order valence-electron chi connectivity index (χ2n) is 9.91. The quantitative estimate of drug-likeness (QED) is 0.242. The average molecular weight is 553 g/mol. The number of para-hydroxylation sites is 1. The van der Waals surface area contributed by atoms with Crippen LogP contribution in [0.1, 0.15) is 37.6 Å². The lowest BCUT2D eigenvalue weighted by atomic mass is 9.99. The Morgan fingerprint density at radius 2 is 1.66 bits per heavy atom. The molecule has 8 heteroatoms. The highest BCUT2D eigenvalue weighted by atomic mass is 16.5. The Hall–Kier alpha value is -4.72. The van der Waals surface area contributed by atoms with Crippen molar-refractivity contribution in [3.05, 3.63) is 108 Å². The van der Waals surface area contributed by atoms with E-state index in [1.165, 1.54) is 0 Å². The van der Waals surface area contributed by atoms with Crippen LogP contribution in [-0.2, 0) is 11.3 Å². The fourth-order valence-corrected chi connectivity index (χ4v) is 5.16. The van der Waals surface area contributed by atoms with Crippen molar-refractivity contribution in [3.8, 4) is 17.2 Å². The normalized spacial score (nSPS) is 14.2. The summed E-state index contributed by atoms with van der Waals surface area (Å²) in [5.74, 6) is 2.09. The molecule has 41 heavy (non-hydrogen) atoms. The van der Waals surface area contributed by atoms with Crippen molar-refractivity contribution >= 4 is 17.6 Å². The number of rotatable bonds is 10. The monoisotopic (exact) mass is 552 g/mol. The summed E-state index contributed by atoms with van der Waals surface area (Å²) in [7, 11) is 0. The fourth-order valence-electron chi connectivity index (χ4n) is 5.16. The number of ether oxygens (including phenoxy) is 2. The number of aromatic nitrogens is 1. The number of urea groups is 1. The Kier molecular flexibility index (Phi) is 8.89. The van der Waals surface area contributed by atoms with Crippen molar-refractivity contribution in [2.75, 3.05) is 31.6 Å². The molecule has 3 aromatic carbocycles. The molecule has 3 amide bonds. The highest BCUT2D eigenvalue weighted by Gasteiger charge is 2.33. The van der Waals surface area contributed by atoms with Gasteiger partial charge < -0.3 is 29.2 Å². The first kappa shape index (κ1) is 27.8. The first-order valence-corrected chi connectivity index (χ1v) is 14.1. The molecule has 0 radical (unpaired) electrons. The fraction of sp³-hybridized carbons (Fsp3) is 0.273. The maximum absolute atomic E-state index is 13.9. The van der Waals surface area contributed by atoms with Crippen LogP contribution in [0.4, 0.5) is 10.5 Å².